The van der Waals surface area contributed by atoms with E-state index >= 15 is 0 Å². The Morgan fingerprint density at radius 1 is 1.38 bits per heavy atom. The van der Waals surface area contributed by atoms with Crippen molar-refractivity contribution in [2.45, 2.75) is 19.4 Å². The molecule has 16 heavy (non-hydrogen) atoms. The van der Waals surface area contributed by atoms with Crippen LogP contribution in [0.25, 0.3) is 0 Å². The second-order valence-corrected chi connectivity index (χ2v) is 4.39. The topological polar surface area (TPSA) is 28.2 Å². The summed E-state index contributed by atoms with van der Waals surface area (Å²) in [5.41, 5.74) is 1.16. The molecule has 0 saturated heterocycles. The first-order valence-electron chi connectivity index (χ1n) is 5.92. The van der Waals surface area contributed by atoms with Gasteiger partial charge in [-0.1, -0.05) is 19.4 Å². The normalized spacial score (nSPS) is 15.1. The lowest BCUT2D eigenvalue weighted by Gasteiger charge is -2.31. The van der Waals surface area contributed by atoms with Crippen LogP contribution in [0.15, 0.2) is 24.4 Å². The number of hydrogen-bond acceptors (Lipinski definition) is 3. The molecular formula is C13H23N3. The van der Waals surface area contributed by atoms with Gasteiger partial charge in [0.1, 0.15) is 0 Å². The molecule has 90 valence electrons. The summed E-state index contributed by atoms with van der Waals surface area (Å²) in [5.74, 6) is 0.592. The van der Waals surface area contributed by atoms with Gasteiger partial charge in [0.25, 0.3) is 0 Å². The van der Waals surface area contributed by atoms with E-state index in [1.54, 1.807) is 0 Å². The van der Waals surface area contributed by atoms with Gasteiger partial charge in [-0.3, -0.25) is 4.98 Å². The maximum absolute atomic E-state index is 4.48. The molecule has 0 aliphatic rings. The fraction of sp³-hybridized carbons (Fsp3) is 0.615. The Hall–Kier alpha value is -0.930. The molecule has 0 aliphatic carbocycles. The summed E-state index contributed by atoms with van der Waals surface area (Å²) in [6.07, 6.45) is 3.03. The van der Waals surface area contributed by atoms with E-state index in [-0.39, 0.29) is 0 Å². The molecule has 0 spiro atoms. The van der Waals surface area contributed by atoms with Crippen LogP contribution in [0.3, 0.4) is 0 Å². The van der Waals surface area contributed by atoms with Crippen molar-refractivity contribution in [2.24, 2.45) is 5.92 Å². The third-order valence-corrected chi connectivity index (χ3v) is 2.98. The Kier molecular flexibility index (Phi) is 5.43. The van der Waals surface area contributed by atoms with Crippen molar-refractivity contribution in [1.82, 2.24) is 15.2 Å². The highest BCUT2D eigenvalue weighted by atomic mass is 15.1. The average molecular weight is 221 g/mol. The van der Waals surface area contributed by atoms with Gasteiger partial charge in [0.15, 0.2) is 0 Å². The largest absolute Gasteiger partial charge is 0.319 e. The van der Waals surface area contributed by atoms with E-state index in [2.05, 4.69) is 48.4 Å². The lowest BCUT2D eigenvalue weighted by molar-refractivity contribution is 0.200. The molecule has 2 atom stereocenters. The summed E-state index contributed by atoms with van der Waals surface area (Å²) in [5, 5.41) is 3.27. The maximum atomic E-state index is 4.48. The van der Waals surface area contributed by atoms with Gasteiger partial charge in [-0.2, -0.15) is 0 Å². The van der Waals surface area contributed by atoms with Crippen LogP contribution in [0.4, 0.5) is 0 Å². The van der Waals surface area contributed by atoms with Gasteiger partial charge in [-0.25, -0.2) is 0 Å². The van der Waals surface area contributed by atoms with E-state index in [0.29, 0.717) is 12.0 Å². The summed E-state index contributed by atoms with van der Waals surface area (Å²) >= 11 is 0. The van der Waals surface area contributed by atoms with E-state index in [1.807, 2.05) is 19.3 Å². The van der Waals surface area contributed by atoms with Gasteiger partial charge in [0.05, 0.1) is 11.7 Å². The third kappa shape index (κ3) is 3.29. The summed E-state index contributed by atoms with van der Waals surface area (Å²) in [7, 11) is 6.25. The van der Waals surface area contributed by atoms with Crippen LogP contribution in [-0.4, -0.2) is 37.6 Å². The minimum Gasteiger partial charge on any atom is -0.319 e. The highest BCUT2D eigenvalue weighted by Gasteiger charge is 2.24. The van der Waals surface area contributed by atoms with Gasteiger partial charge < -0.3 is 10.2 Å². The van der Waals surface area contributed by atoms with Crippen LogP contribution in [0.5, 0.6) is 0 Å². The quantitative estimate of drug-likeness (QED) is 0.795. The molecule has 3 heteroatoms. The van der Waals surface area contributed by atoms with Crippen molar-refractivity contribution in [3.8, 4) is 0 Å². The number of hydrogen-bond donors (Lipinski definition) is 1. The Balaban J connectivity index is 2.90. The van der Waals surface area contributed by atoms with E-state index < -0.39 is 0 Å². The molecule has 1 heterocycles. The van der Waals surface area contributed by atoms with Gasteiger partial charge in [0.2, 0.25) is 0 Å². The van der Waals surface area contributed by atoms with Crippen LogP contribution in [0.1, 0.15) is 25.1 Å². The molecule has 0 aliphatic heterocycles. The zero-order chi connectivity index (χ0) is 12.0. The molecule has 0 bridgehead atoms. The summed E-state index contributed by atoms with van der Waals surface area (Å²) in [6.45, 7) is 3.26. The van der Waals surface area contributed by atoms with Crippen LogP contribution >= 0.6 is 0 Å². The van der Waals surface area contributed by atoms with Gasteiger partial charge >= 0.3 is 0 Å². The number of aromatic nitrogens is 1. The first-order valence-corrected chi connectivity index (χ1v) is 5.92. The van der Waals surface area contributed by atoms with Crippen molar-refractivity contribution < 1.29 is 0 Å². The highest BCUT2D eigenvalue weighted by molar-refractivity contribution is 5.10. The van der Waals surface area contributed by atoms with Gasteiger partial charge in [-0.15, -0.1) is 0 Å². The maximum Gasteiger partial charge on any atom is 0.0578 e. The molecule has 2 unspecified atom stereocenters. The molecule has 0 amide bonds. The molecule has 0 radical (unpaired) electrons. The third-order valence-electron chi connectivity index (χ3n) is 2.98. The van der Waals surface area contributed by atoms with Crippen LogP contribution in [0, 0.1) is 5.92 Å². The lowest BCUT2D eigenvalue weighted by Crippen LogP contribution is -2.33. The number of pyridine rings is 1. The second-order valence-electron chi connectivity index (χ2n) is 4.39. The molecule has 1 aromatic rings. The summed E-state index contributed by atoms with van der Waals surface area (Å²) < 4.78 is 0. The van der Waals surface area contributed by atoms with Gasteiger partial charge in [-0.05, 0) is 45.7 Å². The molecule has 3 nitrogen and oxygen atoms in total. The SMILES string of the molecule is CCC(CNC)C(c1ccccn1)N(C)C. The van der Waals surface area contributed by atoms with Crippen molar-refractivity contribution in [1.29, 1.82) is 0 Å². The van der Waals surface area contributed by atoms with E-state index in [4.69, 9.17) is 0 Å². The second kappa shape index (κ2) is 6.61. The van der Waals surface area contributed by atoms with E-state index in [0.717, 1.165) is 18.7 Å². The molecule has 0 fully saturated rings. The first kappa shape index (κ1) is 13.1. The average Bonchev–Trinajstić information content (AvgIpc) is 2.29. The zero-order valence-corrected chi connectivity index (χ0v) is 10.8. The molecular weight excluding hydrogens is 198 g/mol. The molecule has 1 N–H and O–H groups in total. The predicted molar refractivity (Wildman–Crippen MR) is 68.4 cm³/mol. The van der Waals surface area contributed by atoms with Crippen molar-refractivity contribution >= 4 is 0 Å². The van der Waals surface area contributed by atoms with E-state index in [9.17, 15) is 0 Å². The standard InChI is InChI=1S/C13H23N3/c1-5-11(10-14-2)13(16(3)4)12-8-6-7-9-15-12/h6-9,11,13-14H,5,10H2,1-4H3. The molecule has 0 saturated carbocycles. The summed E-state index contributed by atoms with van der Waals surface area (Å²) in [6, 6.07) is 6.53. The highest BCUT2D eigenvalue weighted by Crippen LogP contribution is 2.26. The van der Waals surface area contributed by atoms with Crippen LogP contribution < -0.4 is 5.32 Å². The molecule has 1 rings (SSSR count). The van der Waals surface area contributed by atoms with Gasteiger partial charge in [0, 0.05) is 6.20 Å². The van der Waals surface area contributed by atoms with Crippen LogP contribution in [0.2, 0.25) is 0 Å². The Labute approximate surface area is 98.9 Å². The number of nitrogens with zero attached hydrogens (tertiary/aromatic N) is 2. The summed E-state index contributed by atoms with van der Waals surface area (Å²) in [4.78, 5) is 6.74. The Morgan fingerprint density at radius 2 is 2.12 bits per heavy atom. The zero-order valence-electron chi connectivity index (χ0n) is 10.8. The minimum absolute atomic E-state index is 0.388. The van der Waals surface area contributed by atoms with Crippen molar-refractivity contribution in [3.63, 3.8) is 0 Å². The Morgan fingerprint density at radius 3 is 2.56 bits per heavy atom. The Bertz CT molecular complexity index is 284. The predicted octanol–water partition coefficient (Wildman–Crippen LogP) is 1.93. The van der Waals surface area contributed by atoms with Crippen molar-refractivity contribution in [2.75, 3.05) is 27.7 Å². The number of rotatable bonds is 6. The fourth-order valence-electron chi connectivity index (χ4n) is 2.22. The minimum atomic E-state index is 0.388. The fourth-order valence-corrected chi connectivity index (χ4v) is 2.22. The molecule has 0 aromatic carbocycles. The number of nitrogens with one attached hydrogen (secondary N) is 1. The first-order chi connectivity index (χ1) is 7.70. The smallest absolute Gasteiger partial charge is 0.0578 e. The lowest BCUT2D eigenvalue weighted by atomic mass is 9.93. The van der Waals surface area contributed by atoms with Crippen LogP contribution in [-0.2, 0) is 0 Å². The molecule has 1 aromatic heterocycles. The van der Waals surface area contributed by atoms with E-state index in [1.165, 1.54) is 0 Å². The van der Waals surface area contributed by atoms with Crippen molar-refractivity contribution in [3.05, 3.63) is 30.1 Å². The monoisotopic (exact) mass is 221 g/mol.